The van der Waals surface area contributed by atoms with Crippen LogP contribution in [0.2, 0.25) is 0 Å². The van der Waals surface area contributed by atoms with Crippen molar-refractivity contribution in [2.24, 2.45) is 0 Å². The molecule has 9 N–H and O–H groups in total. The van der Waals surface area contributed by atoms with Gasteiger partial charge in [-0.05, 0) is 27.7 Å². The van der Waals surface area contributed by atoms with E-state index in [1.165, 1.54) is 38.1 Å². The lowest BCUT2D eigenvalue weighted by molar-refractivity contribution is -0.109. The second kappa shape index (κ2) is 17.1. The van der Waals surface area contributed by atoms with Crippen LogP contribution < -0.4 is 20.1 Å². The molecule has 1 heterocycles. The quantitative estimate of drug-likeness (QED) is 0.326. The summed E-state index contributed by atoms with van der Waals surface area (Å²) < 4.78 is 10.4. The van der Waals surface area contributed by atoms with Crippen molar-refractivity contribution < 1.29 is 40.6 Å². The second-order valence-corrected chi connectivity index (χ2v) is 8.52. The number of rotatable bonds is 11. The summed E-state index contributed by atoms with van der Waals surface area (Å²) in [5, 5.41) is 17.7. The number of thioether (sulfide) groups is 1. The van der Waals surface area contributed by atoms with E-state index >= 15 is 0 Å². The molecule has 1 aliphatic heterocycles. The molecule has 1 aliphatic rings. The number of aromatic hydroxyl groups is 1. The minimum absolute atomic E-state index is 0. The molecule has 0 saturated carbocycles. The Bertz CT molecular complexity index is 821. The molecule has 1 atom stereocenters. The molecule has 0 saturated heterocycles. The van der Waals surface area contributed by atoms with Crippen LogP contribution >= 0.6 is 24.2 Å². The van der Waals surface area contributed by atoms with Gasteiger partial charge in [-0.15, -0.1) is 12.4 Å². The molecule has 1 unspecified atom stereocenters. The highest BCUT2D eigenvalue weighted by molar-refractivity contribution is 8.02. The van der Waals surface area contributed by atoms with Gasteiger partial charge in [0.2, 0.25) is 6.41 Å². The molecule has 0 fully saturated rings. The topological polar surface area (TPSA) is 198 Å². The molecule has 2 rings (SSSR count). The normalized spacial score (nSPS) is 14.1. The third-order valence-corrected chi connectivity index (χ3v) is 6.02. The number of phenols is 1. The number of halogens is 1. The van der Waals surface area contributed by atoms with Crippen LogP contribution in [0.4, 0.5) is 0 Å². The number of nitrogens with one attached hydrogen (secondary N) is 2. The fourth-order valence-electron chi connectivity index (χ4n) is 3.50. The van der Waals surface area contributed by atoms with E-state index in [0.29, 0.717) is 42.4 Å². The summed E-state index contributed by atoms with van der Waals surface area (Å²) in [5.41, 5.74) is -0.371. The zero-order valence-electron chi connectivity index (χ0n) is 20.7. The van der Waals surface area contributed by atoms with Gasteiger partial charge in [0.15, 0.2) is 17.0 Å². The first-order valence-electron chi connectivity index (χ1n) is 10.1. The predicted octanol–water partition coefficient (Wildman–Crippen LogP) is 0.0830. The first-order chi connectivity index (χ1) is 14.7. The molecule has 0 aliphatic carbocycles. The van der Waals surface area contributed by atoms with Crippen molar-refractivity contribution in [3.05, 3.63) is 28.9 Å². The monoisotopic (exact) mass is 542 g/mol. The number of carbonyl (C=O) groups is 2. The molecular formula is C21H39ClN4O8S. The molecule has 0 aromatic heterocycles. The van der Waals surface area contributed by atoms with E-state index < -0.39 is 11.4 Å². The number of nitrogens with zero attached hydrogens (tertiary/aromatic N) is 2. The maximum Gasteiger partial charge on any atom is 0.257 e. The van der Waals surface area contributed by atoms with Crippen LogP contribution in [-0.2, 0) is 4.79 Å². The van der Waals surface area contributed by atoms with Gasteiger partial charge in [0.25, 0.3) is 5.91 Å². The number of methoxy groups -OCH3 is 2. The molecule has 204 valence electrons. The van der Waals surface area contributed by atoms with Crippen molar-refractivity contribution in [3.63, 3.8) is 0 Å². The lowest BCUT2D eigenvalue weighted by Gasteiger charge is -2.35. The average Bonchev–Trinajstić information content (AvgIpc) is 3.08. The van der Waals surface area contributed by atoms with Crippen molar-refractivity contribution >= 4 is 36.5 Å². The fraction of sp³-hybridized carbons (Fsp3) is 0.524. The molecule has 1 aromatic carbocycles. The van der Waals surface area contributed by atoms with Gasteiger partial charge >= 0.3 is 0 Å². The summed E-state index contributed by atoms with van der Waals surface area (Å²) in [7, 11) is 2.91. The van der Waals surface area contributed by atoms with Crippen molar-refractivity contribution in [2.45, 2.75) is 45.3 Å². The molecule has 0 radical (unpaired) electrons. The molecule has 0 bridgehead atoms. The van der Waals surface area contributed by atoms with Crippen LogP contribution in [0.25, 0.3) is 0 Å². The number of benzene rings is 1. The van der Waals surface area contributed by atoms with Gasteiger partial charge in [-0.2, -0.15) is 0 Å². The first-order valence-corrected chi connectivity index (χ1v) is 11.0. The molecule has 1 aromatic rings. The average molecular weight is 543 g/mol. The van der Waals surface area contributed by atoms with E-state index in [1.807, 2.05) is 4.90 Å². The Morgan fingerprint density at radius 2 is 1.69 bits per heavy atom. The number of hydrogen-bond donors (Lipinski definition) is 3. The lowest BCUT2D eigenvalue weighted by Crippen LogP contribution is -2.49. The number of phenolic OH excluding ortho intramolecular Hbond substituents is 1. The van der Waals surface area contributed by atoms with Crippen LogP contribution in [0.1, 0.15) is 38.1 Å². The Balaban J connectivity index is -0.00000256. The molecule has 12 nitrogen and oxygen atoms in total. The Morgan fingerprint density at radius 3 is 2.17 bits per heavy atom. The number of hydrogen-bond acceptors (Lipinski definition) is 8. The van der Waals surface area contributed by atoms with Gasteiger partial charge < -0.3 is 46.5 Å². The van der Waals surface area contributed by atoms with E-state index in [2.05, 4.69) is 43.2 Å². The molecule has 35 heavy (non-hydrogen) atoms. The Labute approximate surface area is 216 Å². The minimum Gasteiger partial charge on any atom is -0.507 e. The highest BCUT2D eigenvalue weighted by atomic mass is 35.5. The van der Waals surface area contributed by atoms with E-state index in [-0.39, 0.29) is 40.1 Å². The van der Waals surface area contributed by atoms with Gasteiger partial charge in [0.05, 0.1) is 19.8 Å². The highest BCUT2D eigenvalue weighted by Gasteiger charge is 2.30. The third-order valence-electron chi connectivity index (χ3n) is 5.03. The van der Waals surface area contributed by atoms with Crippen molar-refractivity contribution in [2.75, 3.05) is 27.3 Å². The minimum atomic E-state index is -0.466. The SMILES string of the molecule is COc1cc(O)c(C(=O)NC2SC=C(NC=O)N2CCN(C(C)C)C(C)C)cc1OC.Cl.O.O.O. The molecule has 14 heteroatoms. The summed E-state index contributed by atoms with van der Waals surface area (Å²) in [6, 6.07) is 3.50. The number of ether oxygens (including phenoxy) is 2. The van der Waals surface area contributed by atoms with Crippen LogP contribution in [0.3, 0.4) is 0 Å². The maximum atomic E-state index is 12.9. The largest absolute Gasteiger partial charge is 0.507 e. The molecule has 0 spiro atoms. The zero-order chi connectivity index (χ0) is 23.1. The fourth-order valence-corrected chi connectivity index (χ4v) is 4.50. The van der Waals surface area contributed by atoms with Crippen LogP contribution in [0, 0.1) is 0 Å². The van der Waals surface area contributed by atoms with Crippen molar-refractivity contribution in [1.82, 2.24) is 20.4 Å². The van der Waals surface area contributed by atoms with Gasteiger partial charge in [-0.1, -0.05) is 11.8 Å². The summed E-state index contributed by atoms with van der Waals surface area (Å²) in [6.45, 7) is 9.90. The maximum absolute atomic E-state index is 12.9. The second-order valence-electron chi connectivity index (χ2n) is 7.57. The standard InChI is InChI=1S/C21H32N4O5S.ClH.3H2O/c1-13(2)24(14(3)4)7-8-25-19(22-12-26)11-31-21(25)23-20(28)15-9-17(29-5)18(30-6)10-16(15)27;;;;/h9-14,21,27H,7-8H2,1-6H3,(H,22,26)(H,23,28);1H;3*1H2. The van der Waals surface area contributed by atoms with E-state index in [0.717, 1.165) is 6.54 Å². The number of amides is 2. The van der Waals surface area contributed by atoms with Crippen molar-refractivity contribution in [1.29, 1.82) is 0 Å². The molecule has 2 amide bonds. The zero-order valence-corrected chi connectivity index (χ0v) is 22.4. The Morgan fingerprint density at radius 1 is 1.14 bits per heavy atom. The van der Waals surface area contributed by atoms with Crippen LogP contribution in [0.15, 0.2) is 23.4 Å². The summed E-state index contributed by atoms with van der Waals surface area (Å²) in [5.74, 6) is 0.609. The van der Waals surface area contributed by atoms with Crippen LogP contribution in [0.5, 0.6) is 17.2 Å². The van der Waals surface area contributed by atoms with E-state index in [4.69, 9.17) is 9.47 Å². The van der Waals surface area contributed by atoms with Gasteiger partial charge in [-0.25, -0.2) is 0 Å². The first kappa shape index (κ1) is 37.1. The van der Waals surface area contributed by atoms with Gasteiger partial charge in [-0.3, -0.25) is 14.5 Å². The summed E-state index contributed by atoms with van der Waals surface area (Å²) >= 11 is 1.37. The highest BCUT2D eigenvalue weighted by Crippen LogP contribution is 2.35. The number of carbonyl (C=O) groups excluding carboxylic acids is 2. The van der Waals surface area contributed by atoms with Crippen molar-refractivity contribution in [3.8, 4) is 17.2 Å². The Hall–Kier alpha value is -2.42. The third kappa shape index (κ3) is 9.28. The summed E-state index contributed by atoms with van der Waals surface area (Å²) in [4.78, 5) is 28.2. The summed E-state index contributed by atoms with van der Waals surface area (Å²) in [6.07, 6.45) is 0.617. The Kier molecular flexibility index (Phi) is 18.1. The predicted molar refractivity (Wildman–Crippen MR) is 139 cm³/mol. The smallest absolute Gasteiger partial charge is 0.257 e. The van der Waals surface area contributed by atoms with E-state index in [9.17, 15) is 14.7 Å². The lowest BCUT2D eigenvalue weighted by atomic mass is 10.1. The van der Waals surface area contributed by atoms with Crippen LogP contribution in [-0.4, -0.2) is 88.5 Å². The van der Waals surface area contributed by atoms with Gasteiger partial charge in [0.1, 0.15) is 11.6 Å². The van der Waals surface area contributed by atoms with E-state index in [1.54, 1.807) is 5.41 Å². The van der Waals surface area contributed by atoms with Gasteiger partial charge in [0, 0.05) is 42.7 Å². The molecular weight excluding hydrogens is 504 g/mol.